The molecule has 10 nitrogen and oxygen atoms in total. The quantitative estimate of drug-likeness (QED) is 0.239. The fourth-order valence-corrected chi connectivity index (χ4v) is 4.12. The summed E-state index contributed by atoms with van der Waals surface area (Å²) >= 11 is 0. The highest BCUT2D eigenvalue weighted by Gasteiger charge is 2.26. The molecule has 0 spiro atoms. The lowest BCUT2D eigenvalue weighted by atomic mass is 10.1. The summed E-state index contributed by atoms with van der Waals surface area (Å²) < 4.78 is 18.8. The Kier molecular flexibility index (Phi) is 10.2. The van der Waals surface area contributed by atoms with Crippen LogP contribution in [0.3, 0.4) is 0 Å². The average Bonchev–Trinajstić information content (AvgIpc) is 3.41. The molecule has 0 aromatic carbocycles. The maximum atomic E-state index is 13.3. The summed E-state index contributed by atoms with van der Waals surface area (Å²) in [6, 6.07) is 1.17. The summed E-state index contributed by atoms with van der Waals surface area (Å²) in [6.45, 7) is 14.3. The van der Waals surface area contributed by atoms with Gasteiger partial charge < -0.3 is 28.8 Å². The molecule has 1 N–H and O–H groups in total. The molecule has 10 heteroatoms. The number of carbonyl (C=O) groups excluding carboxylic acids is 1. The summed E-state index contributed by atoms with van der Waals surface area (Å²) in [4.78, 5) is 28.7. The summed E-state index contributed by atoms with van der Waals surface area (Å²) in [5.41, 5.74) is 2.67. The second-order valence-electron chi connectivity index (χ2n) is 8.81. The van der Waals surface area contributed by atoms with Gasteiger partial charge in [0.15, 0.2) is 0 Å². The Morgan fingerprint density at radius 1 is 1.24 bits per heavy atom. The van der Waals surface area contributed by atoms with Crippen LogP contribution in [0.5, 0.6) is 11.6 Å². The van der Waals surface area contributed by atoms with Gasteiger partial charge in [-0.25, -0.2) is 14.8 Å². The van der Waals surface area contributed by atoms with E-state index >= 15 is 0 Å². The highest BCUT2D eigenvalue weighted by molar-refractivity contribution is 5.75. The van der Waals surface area contributed by atoms with E-state index < -0.39 is 0 Å². The molecule has 2 amide bonds. The predicted octanol–water partition coefficient (Wildman–Crippen LogP) is 4.83. The van der Waals surface area contributed by atoms with E-state index in [1.54, 1.807) is 43.7 Å². The van der Waals surface area contributed by atoms with E-state index in [9.17, 15) is 4.79 Å². The fourth-order valence-electron chi connectivity index (χ4n) is 4.12. The maximum Gasteiger partial charge on any atom is 0.318 e. The molecular formula is C28H38N6O4. The molecule has 3 heterocycles. The number of nitrogens with zero attached hydrogens (tertiary/aromatic N) is 5. The zero-order chi connectivity index (χ0) is 27.7. The molecule has 0 radical (unpaired) electrons. The highest BCUT2D eigenvalue weighted by atomic mass is 16.5. The number of amides is 2. The summed E-state index contributed by atoms with van der Waals surface area (Å²) in [5, 5.41) is 3.08. The SMILES string of the molecule is C=CCCOc1nc(-c2cc([C@@H](C)N(CC)C(=O)NC(CC=C)C(C)OC)ncc2OC)cn2ccnc12. The van der Waals surface area contributed by atoms with E-state index in [4.69, 9.17) is 19.2 Å². The van der Waals surface area contributed by atoms with Gasteiger partial charge in [0.2, 0.25) is 5.65 Å². The number of carbonyl (C=O) groups is 1. The van der Waals surface area contributed by atoms with E-state index in [0.29, 0.717) is 54.7 Å². The fraction of sp³-hybridized carbons (Fsp3) is 0.429. The van der Waals surface area contributed by atoms with Crippen molar-refractivity contribution in [1.82, 2.24) is 29.6 Å². The number of hydrogen-bond donors (Lipinski definition) is 1. The number of fused-ring (bicyclic) bond motifs is 1. The molecule has 0 saturated heterocycles. The van der Waals surface area contributed by atoms with Crippen molar-refractivity contribution in [2.75, 3.05) is 27.4 Å². The van der Waals surface area contributed by atoms with Crippen molar-refractivity contribution in [1.29, 1.82) is 0 Å². The van der Waals surface area contributed by atoms with Crippen LogP contribution in [0.4, 0.5) is 4.79 Å². The van der Waals surface area contributed by atoms with E-state index in [-0.39, 0.29) is 24.2 Å². The number of ether oxygens (including phenoxy) is 3. The third-order valence-corrected chi connectivity index (χ3v) is 6.45. The van der Waals surface area contributed by atoms with E-state index in [0.717, 1.165) is 5.56 Å². The largest absolute Gasteiger partial charge is 0.494 e. The number of hydrogen-bond acceptors (Lipinski definition) is 7. The summed E-state index contributed by atoms with van der Waals surface area (Å²) in [7, 11) is 3.21. The first-order valence-electron chi connectivity index (χ1n) is 12.7. The third-order valence-electron chi connectivity index (χ3n) is 6.45. The molecule has 0 aliphatic rings. The number of nitrogens with one attached hydrogen (secondary N) is 1. The van der Waals surface area contributed by atoms with Gasteiger partial charge in [-0.2, -0.15) is 0 Å². The number of aromatic nitrogens is 4. The van der Waals surface area contributed by atoms with Crippen LogP contribution >= 0.6 is 0 Å². The Morgan fingerprint density at radius 3 is 2.68 bits per heavy atom. The Bertz CT molecular complexity index is 1240. The first kappa shape index (κ1) is 28.6. The minimum atomic E-state index is -0.327. The van der Waals surface area contributed by atoms with Crippen molar-refractivity contribution in [3.05, 3.63) is 61.9 Å². The molecule has 2 unspecified atom stereocenters. The Morgan fingerprint density at radius 2 is 2.03 bits per heavy atom. The third kappa shape index (κ3) is 6.49. The Balaban J connectivity index is 1.96. The van der Waals surface area contributed by atoms with Gasteiger partial charge in [0.1, 0.15) is 5.75 Å². The zero-order valence-corrected chi connectivity index (χ0v) is 22.9. The molecule has 3 rings (SSSR count). The molecule has 0 aliphatic heterocycles. The first-order valence-corrected chi connectivity index (χ1v) is 12.7. The lowest BCUT2D eigenvalue weighted by molar-refractivity contribution is 0.0821. The molecule has 38 heavy (non-hydrogen) atoms. The van der Waals surface area contributed by atoms with Crippen LogP contribution in [0.15, 0.2) is 56.2 Å². The average molecular weight is 523 g/mol. The number of methoxy groups -OCH3 is 2. The van der Waals surface area contributed by atoms with Gasteiger partial charge in [-0.1, -0.05) is 12.2 Å². The van der Waals surface area contributed by atoms with E-state index in [1.165, 1.54) is 0 Å². The zero-order valence-electron chi connectivity index (χ0n) is 22.9. The van der Waals surface area contributed by atoms with Crippen LogP contribution in [-0.4, -0.2) is 69.8 Å². The standard InChI is InChI=1S/C28H38N6O4/c1-8-11-15-38-27-26-29-13-14-33(26)18-24(31-27)21-16-23(30-17-25(21)37-7)19(4)34(10-3)28(35)32-22(12-9-2)20(5)36-6/h8-9,13-14,16-20,22H,1-2,10-12,15H2,3-7H3,(H,32,35)/t19-,20?,22?/m1/s1. The van der Waals surface area contributed by atoms with Gasteiger partial charge in [-0.3, -0.25) is 4.98 Å². The maximum absolute atomic E-state index is 13.3. The molecule has 3 aromatic heterocycles. The van der Waals surface area contributed by atoms with Gasteiger partial charge in [-0.15, -0.1) is 13.2 Å². The minimum absolute atomic E-state index is 0.163. The molecule has 0 bridgehead atoms. The number of pyridine rings is 1. The molecular weight excluding hydrogens is 484 g/mol. The van der Waals surface area contributed by atoms with Crippen molar-refractivity contribution >= 4 is 11.7 Å². The molecule has 3 atom stereocenters. The van der Waals surface area contributed by atoms with Crippen LogP contribution < -0.4 is 14.8 Å². The van der Waals surface area contributed by atoms with Crippen molar-refractivity contribution in [2.24, 2.45) is 0 Å². The van der Waals surface area contributed by atoms with Crippen molar-refractivity contribution in [3.63, 3.8) is 0 Å². The van der Waals surface area contributed by atoms with Crippen LogP contribution in [-0.2, 0) is 4.74 Å². The Hall–Kier alpha value is -3.92. The van der Waals surface area contributed by atoms with Gasteiger partial charge in [0.25, 0.3) is 5.88 Å². The number of imidazole rings is 1. The molecule has 3 aromatic rings. The summed E-state index contributed by atoms with van der Waals surface area (Å²) in [5.74, 6) is 0.968. The number of urea groups is 1. The van der Waals surface area contributed by atoms with Crippen LogP contribution in [0, 0.1) is 0 Å². The lowest BCUT2D eigenvalue weighted by Crippen LogP contribution is -2.49. The van der Waals surface area contributed by atoms with Crippen LogP contribution in [0.25, 0.3) is 16.9 Å². The molecule has 0 saturated carbocycles. The van der Waals surface area contributed by atoms with Crippen LogP contribution in [0.2, 0.25) is 0 Å². The van der Waals surface area contributed by atoms with E-state index in [2.05, 4.69) is 28.4 Å². The Labute approximate surface area is 224 Å². The van der Waals surface area contributed by atoms with Crippen LogP contribution in [0.1, 0.15) is 45.3 Å². The lowest BCUT2D eigenvalue weighted by Gasteiger charge is -2.31. The molecule has 0 fully saturated rings. The second kappa shape index (κ2) is 13.6. The first-order chi connectivity index (χ1) is 18.4. The second-order valence-corrected chi connectivity index (χ2v) is 8.81. The predicted molar refractivity (Wildman–Crippen MR) is 147 cm³/mol. The normalized spacial score (nSPS) is 13.4. The van der Waals surface area contributed by atoms with E-state index in [1.807, 2.05) is 43.6 Å². The molecule has 204 valence electrons. The van der Waals surface area contributed by atoms with Gasteiger partial charge in [-0.05, 0) is 39.7 Å². The van der Waals surface area contributed by atoms with Crippen molar-refractivity contribution in [2.45, 2.75) is 51.8 Å². The monoisotopic (exact) mass is 522 g/mol. The van der Waals surface area contributed by atoms with Gasteiger partial charge in [0.05, 0.1) is 49.5 Å². The highest BCUT2D eigenvalue weighted by Crippen LogP contribution is 2.33. The number of rotatable bonds is 14. The smallest absolute Gasteiger partial charge is 0.318 e. The topological polar surface area (TPSA) is 103 Å². The van der Waals surface area contributed by atoms with Crippen molar-refractivity contribution < 1.29 is 19.0 Å². The van der Waals surface area contributed by atoms with Gasteiger partial charge >= 0.3 is 6.03 Å². The minimum Gasteiger partial charge on any atom is -0.494 e. The van der Waals surface area contributed by atoms with Gasteiger partial charge in [0, 0.05) is 37.8 Å². The summed E-state index contributed by atoms with van der Waals surface area (Å²) in [6.07, 6.45) is 11.7. The molecule has 0 aliphatic carbocycles. The van der Waals surface area contributed by atoms with Crippen molar-refractivity contribution in [3.8, 4) is 22.9 Å².